The van der Waals surface area contributed by atoms with Crippen LogP contribution in [-0.2, 0) is 63.6 Å². The lowest BCUT2D eigenvalue weighted by atomic mass is 9.84. The average Bonchev–Trinajstić information content (AvgIpc) is 3.46. The summed E-state index contributed by atoms with van der Waals surface area (Å²) in [5, 5.41) is 15.3. The minimum Gasteiger partial charge on any atom is -0.480 e. The van der Waals surface area contributed by atoms with Crippen LogP contribution >= 0.6 is 11.8 Å². The summed E-state index contributed by atoms with van der Waals surface area (Å²) in [5.74, 6) is -2.80. The Labute approximate surface area is 480 Å². The molecule has 4 aromatic carbocycles. The van der Waals surface area contributed by atoms with Crippen molar-refractivity contribution in [2.45, 2.75) is 62.8 Å². The van der Waals surface area contributed by atoms with E-state index in [-0.39, 0.29) is 92.1 Å². The van der Waals surface area contributed by atoms with Crippen LogP contribution in [-0.4, -0.2) is 152 Å². The van der Waals surface area contributed by atoms with Gasteiger partial charge in [-0.1, -0.05) is 91.0 Å². The van der Waals surface area contributed by atoms with E-state index in [0.29, 0.717) is 96.2 Å². The van der Waals surface area contributed by atoms with Gasteiger partial charge in [-0.25, -0.2) is 14.8 Å². The number of fused-ring (bicyclic) bond motifs is 1. The molecule has 82 heavy (non-hydrogen) atoms. The number of hydrogen-bond acceptors (Lipinski definition) is 19. The van der Waals surface area contributed by atoms with E-state index in [1.54, 1.807) is 30.8 Å². The van der Waals surface area contributed by atoms with E-state index < -0.39 is 34.1 Å². The van der Waals surface area contributed by atoms with E-state index in [1.165, 1.54) is 18.3 Å². The number of Topliss-reactive ketones (excluding diaryl/α,β-unsaturated/α-hetero) is 2. The third-order valence-corrected chi connectivity index (χ3v) is 14.4. The van der Waals surface area contributed by atoms with Crippen LogP contribution in [0.1, 0.15) is 78.2 Å². The summed E-state index contributed by atoms with van der Waals surface area (Å²) in [6.07, 6.45) is 2.25. The molecule has 0 fully saturated rings. The van der Waals surface area contributed by atoms with Gasteiger partial charge in [0.05, 0.1) is 108 Å². The van der Waals surface area contributed by atoms with Crippen LogP contribution in [0, 0.1) is 5.92 Å². The Morgan fingerprint density at radius 2 is 1.18 bits per heavy atom. The molecule has 21 nitrogen and oxygen atoms in total. The zero-order chi connectivity index (χ0) is 58.2. The van der Waals surface area contributed by atoms with Gasteiger partial charge in [0.15, 0.2) is 11.2 Å². The summed E-state index contributed by atoms with van der Waals surface area (Å²) in [4.78, 5) is 90.7. The molecule has 0 saturated carbocycles. The zero-order valence-corrected chi connectivity index (χ0v) is 46.9. The molecular formula is C60H73N7O14S. The van der Waals surface area contributed by atoms with Crippen LogP contribution in [0.4, 0.5) is 11.6 Å². The molecule has 2 aromatic heterocycles. The standard InChI is InChI=1S/C60H73N7O14S/c1-2-81-58(74)44(42-82-60(45-13-6-3-7-14-45,46-15-8-4-9-16-46)47-17-10-5-11-18-47)39-51(69)26-28-76-30-32-78-34-36-80-38-37-79-35-33-77-31-29-75-27-12-19-50(68)24-25-52(57(72)73)65-55(70)43-20-22-48(23-21-43)62-40-49-41-63-54-53(64-49)56(71)67-59(61)66-54/h3-11,13-18,20-23,41,44,52,62H,2,12,19,24-40,42H2,1H3,(H,65,70)(H,72,73)(H3,61,63,66,67,71)/t44-,52-/m0/s1. The van der Waals surface area contributed by atoms with Gasteiger partial charge in [-0.3, -0.25) is 29.0 Å². The number of ketones is 2. The number of amides is 1. The lowest BCUT2D eigenvalue weighted by Crippen LogP contribution is -2.41. The molecule has 0 spiro atoms. The second kappa shape index (κ2) is 35.4. The number of benzene rings is 4. The molecule has 438 valence electrons. The number of aromatic amines is 1. The highest BCUT2D eigenvalue weighted by molar-refractivity contribution is 8.00. The number of thioether (sulfide) groups is 1. The predicted molar refractivity (Wildman–Crippen MR) is 309 cm³/mol. The first-order valence-electron chi connectivity index (χ1n) is 27.3. The van der Waals surface area contributed by atoms with E-state index in [9.17, 15) is 33.9 Å². The van der Waals surface area contributed by atoms with E-state index in [4.69, 9.17) is 38.9 Å². The maximum absolute atomic E-state index is 13.3. The smallest absolute Gasteiger partial charge is 0.326 e. The number of nitrogens with one attached hydrogen (secondary N) is 3. The number of carbonyl (C=O) groups is 5. The van der Waals surface area contributed by atoms with Crippen LogP contribution in [0.15, 0.2) is 126 Å². The Kier molecular flexibility index (Phi) is 27.5. The summed E-state index contributed by atoms with van der Waals surface area (Å²) in [7, 11) is 0. The number of rotatable bonds is 41. The number of esters is 1. The van der Waals surface area contributed by atoms with Crippen LogP contribution in [0.5, 0.6) is 0 Å². The van der Waals surface area contributed by atoms with Crippen LogP contribution in [0.2, 0.25) is 0 Å². The number of nitrogens with zero attached hydrogens (tertiary/aromatic N) is 3. The van der Waals surface area contributed by atoms with Gasteiger partial charge in [-0.2, -0.15) is 4.98 Å². The van der Waals surface area contributed by atoms with Crippen LogP contribution in [0.3, 0.4) is 0 Å². The van der Waals surface area contributed by atoms with Gasteiger partial charge in [-0.05, 0) is 60.7 Å². The van der Waals surface area contributed by atoms with E-state index in [0.717, 1.165) is 16.7 Å². The number of nitrogens with two attached hydrogens (primary N) is 1. The van der Waals surface area contributed by atoms with Crippen molar-refractivity contribution in [3.8, 4) is 0 Å². The van der Waals surface area contributed by atoms with Crippen molar-refractivity contribution in [1.82, 2.24) is 25.3 Å². The number of anilines is 2. The molecule has 2 atom stereocenters. The van der Waals surface area contributed by atoms with Crippen LogP contribution in [0.25, 0.3) is 11.2 Å². The first-order chi connectivity index (χ1) is 40.0. The van der Waals surface area contributed by atoms with Gasteiger partial charge >= 0.3 is 11.9 Å². The molecular weight excluding hydrogens is 1070 g/mol. The first kappa shape index (κ1) is 63.7. The number of nitrogen functional groups attached to an aromatic ring is 1. The number of carbonyl (C=O) groups excluding carboxylic acids is 4. The molecule has 0 saturated heterocycles. The first-order valence-corrected chi connectivity index (χ1v) is 28.3. The number of carboxylic acids is 1. The SMILES string of the molecule is CCOC(=O)[C@H](CSC(c1ccccc1)(c1ccccc1)c1ccccc1)CC(=O)CCOCCOCCOCCOCCOCCOCCCC(=O)CC[C@H](NC(=O)c1ccc(NCc2cnc3nc(N)[nH]c(=O)c3n2)cc1)C(=O)O. The quantitative estimate of drug-likeness (QED) is 0.0154. The minimum atomic E-state index is -1.26. The van der Waals surface area contributed by atoms with Crippen molar-refractivity contribution in [2.24, 2.45) is 5.92 Å². The second-order valence-corrected chi connectivity index (χ2v) is 19.9. The van der Waals surface area contributed by atoms with Crippen LogP contribution < -0.4 is 21.9 Å². The number of aliphatic carboxylic acids is 1. The maximum Gasteiger partial charge on any atom is 0.326 e. The summed E-state index contributed by atoms with van der Waals surface area (Å²) in [5.41, 5.74) is 9.77. The molecule has 6 rings (SSSR count). The van der Waals surface area contributed by atoms with Crippen molar-refractivity contribution in [3.63, 3.8) is 0 Å². The van der Waals surface area contributed by atoms with Gasteiger partial charge in [0, 0.05) is 49.3 Å². The van der Waals surface area contributed by atoms with Gasteiger partial charge in [0.25, 0.3) is 11.5 Å². The number of H-pyrrole nitrogens is 1. The maximum atomic E-state index is 13.3. The monoisotopic (exact) mass is 1150 g/mol. The average molecular weight is 1150 g/mol. The lowest BCUT2D eigenvalue weighted by Gasteiger charge is -2.36. The third kappa shape index (κ3) is 21.1. The highest BCUT2D eigenvalue weighted by Crippen LogP contribution is 2.49. The van der Waals surface area contributed by atoms with Crippen molar-refractivity contribution in [2.75, 3.05) is 103 Å². The molecule has 0 bridgehead atoms. The lowest BCUT2D eigenvalue weighted by molar-refractivity contribution is -0.148. The van der Waals surface area contributed by atoms with Gasteiger partial charge in [-0.15, -0.1) is 11.8 Å². The minimum absolute atomic E-state index is 0.0229. The predicted octanol–water partition coefficient (Wildman–Crippen LogP) is 6.57. The van der Waals surface area contributed by atoms with Crippen molar-refractivity contribution < 1.29 is 62.2 Å². The normalized spacial score (nSPS) is 12.2. The summed E-state index contributed by atoms with van der Waals surface area (Å²) < 4.78 is 38.3. The Balaban J connectivity index is 0.729. The molecule has 6 N–H and O–H groups in total. The Morgan fingerprint density at radius 1 is 0.659 bits per heavy atom. The summed E-state index contributed by atoms with van der Waals surface area (Å²) >= 11 is 1.63. The molecule has 22 heteroatoms. The van der Waals surface area contributed by atoms with Crippen molar-refractivity contribution in [1.29, 1.82) is 0 Å². The van der Waals surface area contributed by atoms with Gasteiger partial charge in [0.2, 0.25) is 5.95 Å². The highest BCUT2D eigenvalue weighted by Gasteiger charge is 2.39. The van der Waals surface area contributed by atoms with E-state index in [2.05, 4.69) is 67.0 Å². The van der Waals surface area contributed by atoms with Gasteiger partial charge < -0.3 is 54.6 Å². The van der Waals surface area contributed by atoms with E-state index in [1.807, 2.05) is 54.6 Å². The molecule has 0 aliphatic rings. The van der Waals surface area contributed by atoms with E-state index >= 15 is 0 Å². The molecule has 6 aromatic rings. The number of hydrogen-bond donors (Lipinski definition) is 5. The highest BCUT2D eigenvalue weighted by atomic mass is 32.2. The van der Waals surface area contributed by atoms with Crippen molar-refractivity contribution in [3.05, 3.63) is 160 Å². The number of aromatic nitrogens is 4. The summed E-state index contributed by atoms with van der Waals surface area (Å²) in [6, 6.07) is 35.7. The fraction of sp³-hybridized carbons (Fsp3) is 0.417. The Hall–Kier alpha value is -7.44. The molecule has 0 aliphatic carbocycles. The number of carboxylic acid groups (broad SMARTS) is 1. The molecule has 0 radical (unpaired) electrons. The third-order valence-electron chi connectivity index (χ3n) is 12.7. The fourth-order valence-electron chi connectivity index (χ4n) is 8.52. The largest absolute Gasteiger partial charge is 0.480 e. The Morgan fingerprint density at radius 3 is 1.71 bits per heavy atom. The van der Waals surface area contributed by atoms with Crippen molar-refractivity contribution >= 4 is 64.0 Å². The number of ether oxygens (including phenoxy) is 7. The molecule has 0 aliphatic heterocycles. The topological polar surface area (TPSA) is 292 Å². The molecule has 2 heterocycles. The molecule has 0 unspecified atom stereocenters. The summed E-state index contributed by atoms with van der Waals surface area (Å²) in [6.45, 7) is 6.32. The second-order valence-electron chi connectivity index (χ2n) is 18.7. The Bertz CT molecular complexity index is 2860. The zero-order valence-electron chi connectivity index (χ0n) is 46.1. The fourth-order valence-corrected chi connectivity index (χ4v) is 10.1. The van der Waals surface area contributed by atoms with Gasteiger partial charge in [0.1, 0.15) is 17.6 Å². The molecule has 1 amide bonds.